The number of furan rings is 1. The van der Waals surface area contributed by atoms with Gasteiger partial charge in [-0.25, -0.2) is 0 Å². The first kappa shape index (κ1) is 17.9. The molecule has 0 saturated carbocycles. The van der Waals surface area contributed by atoms with Crippen molar-refractivity contribution in [3.8, 4) is 0 Å². The first-order chi connectivity index (χ1) is 11.4. The highest BCUT2D eigenvalue weighted by molar-refractivity contribution is 7.86. The van der Waals surface area contributed by atoms with E-state index in [4.69, 9.17) is 4.42 Å². The van der Waals surface area contributed by atoms with Crippen molar-refractivity contribution in [3.05, 3.63) is 23.7 Å². The van der Waals surface area contributed by atoms with Gasteiger partial charge in [0.2, 0.25) is 0 Å². The Bertz CT molecular complexity index is 656. The minimum Gasteiger partial charge on any atom is -0.465 e. The zero-order chi connectivity index (χ0) is 17.3. The molecule has 0 radical (unpaired) electrons. The van der Waals surface area contributed by atoms with Crippen LogP contribution in [0.5, 0.6) is 0 Å². The molecule has 2 bridgehead atoms. The van der Waals surface area contributed by atoms with Crippen LogP contribution in [0.1, 0.15) is 37.7 Å². The van der Waals surface area contributed by atoms with Gasteiger partial charge in [-0.05, 0) is 37.3 Å². The molecule has 0 unspecified atom stereocenters. The molecule has 7 heteroatoms. The minimum atomic E-state index is -3.33. The number of hydrogen-bond donors (Lipinski definition) is 0. The van der Waals surface area contributed by atoms with Gasteiger partial charge in [0.05, 0.1) is 6.54 Å². The fraction of sp³-hybridized carbons (Fsp3) is 0.765. The lowest BCUT2D eigenvalue weighted by molar-refractivity contribution is 0.116. The summed E-state index contributed by atoms with van der Waals surface area (Å²) in [5, 5.41) is 0. The maximum atomic E-state index is 12.5. The number of rotatable bonds is 6. The zero-order valence-electron chi connectivity index (χ0n) is 14.9. The molecule has 1 aromatic heterocycles. The molecular formula is C17H29N3O3S. The quantitative estimate of drug-likeness (QED) is 0.782. The molecule has 0 aromatic carbocycles. The molecular weight excluding hydrogens is 326 g/mol. The van der Waals surface area contributed by atoms with Crippen LogP contribution < -0.4 is 0 Å². The van der Waals surface area contributed by atoms with Gasteiger partial charge >= 0.3 is 0 Å². The summed E-state index contributed by atoms with van der Waals surface area (Å²) < 4.78 is 33.9. The second kappa shape index (κ2) is 7.15. The fourth-order valence-electron chi connectivity index (χ4n) is 3.84. The largest absolute Gasteiger partial charge is 0.465 e. The van der Waals surface area contributed by atoms with E-state index in [1.807, 2.05) is 0 Å². The third kappa shape index (κ3) is 3.69. The predicted octanol–water partition coefficient (Wildman–Crippen LogP) is 1.93. The van der Waals surface area contributed by atoms with Crippen LogP contribution >= 0.6 is 0 Å². The molecule has 2 atom stereocenters. The van der Waals surface area contributed by atoms with Crippen molar-refractivity contribution in [2.75, 3.05) is 33.7 Å². The summed E-state index contributed by atoms with van der Waals surface area (Å²) in [5.74, 6) is 2.45. The standard InChI is InChI=1S/C17H29N3O3S/c1-4-5-16-8-9-17(23-16)13-19-10-14-6-7-15(19)12-20(11-14)24(21,22)18(2)3/h8-9,14-15H,4-7,10-13H2,1-3H3/t14-,15-/m0/s1. The van der Waals surface area contributed by atoms with Gasteiger partial charge in [0, 0.05) is 46.2 Å². The van der Waals surface area contributed by atoms with E-state index in [2.05, 4.69) is 24.0 Å². The molecule has 3 fully saturated rings. The van der Waals surface area contributed by atoms with Crippen molar-refractivity contribution in [1.82, 2.24) is 13.5 Å². The Morgan fingerprint density at radius 1 is 1.17 bits per heavy atom. The van der Waals surface area contributed by atoms with Gasteiger partial charge < -0.3 is 4.42 Å². The monoisotopic (exact) mass is 355 g/mol. The Kier molecular flexibility index (Phi) is 5.34. The summed E-state index contributed by atoms with van der Waals surface area (Å²) >= 11 is 0. The Hall–Kier alpha value is -0.890. The number of fused-ring (bicyclic) bond motifs is 4. The number of hydrogen-bond acceptors (Lipinski definition) is 4. The van der Waals surface area contributed by atoms with Crippen LogP contribution in [0.3, 0.4) is 0 Å². The maximum absolute atomic E-state index is 12.5. The molecule has 3 saturated heterocycles. The van der Waals surface area contributed by atoms with Crippen LogP contribution in [-0.4, -0.2) is 61.7 Å². The molecule has 3 aliphatic rings. The highest BCUT2D eigenvalue weighted by atomic mass is 32.2. The van der Waals surface area contributed by atoms with E-state index in [1.54, 1.807) is 18.4 Å². The van der Waals surface area contributed by atoms with Gasteiger partial charge in [-0.15, -0.1) is 0 Å². The first-order valence-electron chi connectivity index (χ1n) is 8.89. The van der Waals surface area contributed by atoms with Crippen LogP contribution in [0.4, 0.5) is 0 Å². The van der Waals surface area contributed by atoms with Gasteiger partial charge in [-0.3, -0.25) is 4.90 Å². The van der Waals surface area contributed by atoms with Crippen molar-refractivity contribution in [1.29, 1.82) is 0 Å². The van der Waals surface area contributed by atoms with E-state index in [9.17, 15) is 8.42 Å². The van der Waals surface area contributed by atoms with Gasteiger partial charge in [0.15, 0.2) is 0 Å². The summed E-state index contributed by atoms with van der Waals surface area (Å²) in [6.45, 7) is 5.09. The van der Waals surface area contributed by atoms with E-state index in [-0.39, 0.29) is 6.04 Å². The third-order valence-corrected chi connectivity index (χ3v) is 7.03. The lowest BCUT2D eigenvalue weighted by Crippen LogP contribution is -2.45. The molecule has 1 aromatic rings. The molecule has 24 heavy (non-hydrogen) atoms. The van der Waals surface area contributed by atoms with Crippen molar-refractivity contribution >= 4 is 10.2 Å². The second-order valence-electron chi connectivity index (χ2n) is 7.25. The molecule has 0 N–H and O–H groups in total. The molecule has 0 amide bonds. The molecule has 0 spiro atoms. The molecule has 0 aliphatic carbocycles. The average Bonchev–Trinajstić information content (AvgIpc) is 2.77. The number of piperidine rings is 1. The Morgan fingerprint density at radius 2 is 1.92 bits per heavy atom. The van der Waals surface area contributed by atoms with Crippen LogP contribution in [-0.2, 0) is 23.2 Å². The topological polar surface area (TPSA) is 57.0 Å². The maximum Gasteiger partial charge on any atom is 0.281 e. The molecule has 4 rings (SSSR count). The van der Waals surface area contributed by atoms with Crippen LogP contribution in [0.2, 0.25) is 0 Å². The van der Waals surface area contributed by atoms with E-state index >= 15 is 0 Å². The summed E-state index contributed by atoms with van der Waals surface area (Å²) in [5.41, 5.74) is 0. The van der Waals surface area contributed by atoms with E-state index in [0.717, 1.165) is 50.3 Å². The molecule has 6 nitrogen and oxygen atoms in total. The van der Waals surface area contributed by atoms with Crippen LogP contribution in [0.15, 0.2) is 16.5 Å². The van der Waals surface area contributed by atoms with Crippen molar-refractivity contribution in [2.45, 2.75) is 45.2 Å². The molecule has 4 heterocycles. The molecule has 3 aliphatic heterocycles. The predicted molar refractivity (Wildman–Crippen MR) is 93.8 cm³/mol. The van der Waals surface area contributed by atoms with Crippen LogP contribution in [0.25, 0.3) is 0 Å². The second-order valence-corrected chi connectivity index (χ2v) is 9.39. The van der Waals surface area contributed by atoms with Crippen molar-refractivity contribution < 1.29 is 12.8 Å². The normalized spacial score (nSPS) is 26.2. The van der Waals surface area contributed by atoms with Gasteiger partial charge in [-0.1, -0.05) is 6.92 Å². The summed E-state index contributed by atoms with van der Waals surface area (Å²) in [4.78, 5) is 2.41. The van der Waals surface area contributed by atoms with Crippen molar-refractivity contribution in [3.63, 3.8) is 0 Å². The average molecular weight is 356 g/mol. The van der Waals surface area contributed by atoms with Gasteiger partial charge in [0.1, 0.15) is 11.5 Å². The van der Waals surface area contributed by atoms with Gasteiger partial charge in [-0.2, -0.15) is 17.0 Å². The summed E-state index contributed by atoms with van der Waals surface area (Å²) in [7, 11) is -0.114. The zero-order valence-corrected chi connectivity index (χ0v) is 15.8. The Balaban J connectivity index is 1.71. The highest BCUT2D eigenvalue weighted by Crippen LogP contribution is 2.31. The first-order valence-corrected chi connectivity index (χ1v) is 10.3. The SMILES string of the molecule is CCCc1ccc(CN2C[C@@H]3CC[C@H]2CN(S(=O)(=O)N(C)C)C3)o1. The van der Waals surface area contributed by atoms with E-state index in [0.29, 0.717) is 19.0 Å². The fourth-order valence-corrected chi connectivity index (χ4v) is 5.06. The van der Waals surface area contributed by atoms with Crippen LogP contribution in [0, 0.1) is 5.92 Å². The van der Waals surface area contributed by atoms with E-state index in [1.165, 1.54) is 4.31 Å². The third-order valence-electron chi connectivity index (χ3n) is 5.15. The summed E-state index contributed by atoms with van der Waals surface area (Å²) in [6.07, 6.45) is 4.23. The Labute approximate surface area is 145 Å². The number of aryl methyl sites for hydroxylation is 1. The van der Waals surface area contributed by atoms with E-state index < -0.39 is 10.2 Å². The lowest BCUT2D eigenvalue weighted by atomic mass is 9.95. The highest BCUT2D eigenvalue weighted by Gasteiger charge is 2.39. The molecule has 136 valence electrons. The lowest BCUT2D eigenvalue weighted by Gasteiger charge is -2.35. The van der Waals surface area contributed by atoms with Crippen molar-refractivity contribution in [2.24, 2.45) is 5.92 Å². The Morgan fingerprint density at radius 3 is 2.62 bits per heavy atom. The summed E-state index contributed by atoms with van der Waals surface area (Å²) in [6, 6.07) is 4.41. The number of nitrogens with zero attached hydrogens (tertiary/aromatic N) is 3. The minimum absolute atomic E-state index is 0.276. The smallest absolute Gasteiger partial charge is 0.281 e. The van der Waals surface area contributed by atoms with Gasteiger partial charge in [0.25, 0.3) is 10.2 Å².